The van der Waals surface area contributed by atoms with Crippen molar-refractivity contribution < 1.29 is 13.9 Å². The highest BCUT2D eigenvalue weighted by Crippen LogP contribution is 2.21. The Morgan fingerprint density at radius 1 is 1.55 bits per heavy atom. The first-order chi connectivity index (χ1) is 9.54. The smallest absolute Gasteiger partial charge is 0.212 e. The number of hydrogen-bond acceptors (Lipinski definition) is 4. The molecule has 0 bridgehead atoms. The Balaban J connectivity index is 2.37. The molecule has 2 aromatic rings. The summed E-state index contributed by atoms with van der Waals surface area (Å²) >= 11 is 5.98. The van der Waals surface area contributed by atoms with Crippen molar-refractivity contribution in [2.75, 3.05) is 19.5 Å². The molecular formula is C13H13ClFN3O2. The number of methoxy groups -OCH3 is 1. The summed E-state index contributed by atoms with van der Waals surface area (Å²) in [6.07, 6.45) is 1.37. The third kappa shape index (κ3) is 2.81. The minimum Gasteiger partial charge on any atom is -0.396 e. The first-order valence-corrected chi connectivity index (χ1v) is 6.22. The highest BCUT2D eigenvalue weighted by atomic mass is 35.5. The number of aromatic nitrogens is 2. The molecule has 0 unspecified atom stereocenters. The van der Waals surface area contributed by atoms with Gasteiger partial charge in [0.25, 0.3) is 0 Å². The summed E-state index contributed by atoms with van der Waals surface area (Å²) in [5.74, 6) is -1.06. The molecule has 2 rings (SSSR count). The quantitative estimate of drug-likeness (QED) is 0.678. The van der Waals surface area contributed by atoms with Crippen LogP contribution in [0.2, 0.25) is 5.02 Å². The maximum atomic E-state index is 13.4. The Bertz CT molecular complexity index is 643. The van der Waals surface area contributed by atoms with Crippen LogP contribution in [0.1, 0.15) is 16.1 Å². The molecule has 0 saturated carbocycles. The SMILES string of the molecule is COCCn1ncc(Cl)c1C(=O)c1ccc(N)c(F)c1. The molecule has 2 N–H and O–H groups in total. The van der Waals surface area contributed by atoms with E-state index in [1.54, 1.807) is 7.11 Å². The van der Waals surface area contributed by atoms with Gasteiger partial charge in [-0.15, -0.1) is 0 Å². The average Bonchev–Trinajstić information content (AvgIpc) is 2.80. The fourth-order valence-electron chi connectivity index (χ4n) is 1.74. The minimum absolute atomic E-state index is 0.0134. The predicted octanol–water partition coefficient (Wildman–Crippen LogP) is 2.14. The van der Waals surface area contributed by atoms with E-state index in [4.69, 9.17) is 22.1 Å². The van der Waals surface area contributed by atoms with E-state index in [9.17, 15) is 9.18 Å². The van der Waals surface area contributed by atoms with E-state index < -0.39 is 11.6 Å². The molecule has 0 aliphatic heterocycles. The summed E-state index contributed by atoms with van der Waals surface area (Å²) in [4.78, 5) is 12.4. The standard InChI is InChI=1S/C13H13ClFN3O2/c1-20-5-4-18-12(9(14)7-17-18)13(19)8-2-3-11(16)10(15)6-8/h2-3,6-7H,4-5,16H2,1H3. The molecule has 1 heterocycles. The number of halogens is 2. The van der Waals surface area contributed by atoms with Crippen LogP contribution in [-0.2, 0) is 11.3 Å². The number of anilines is 1. The van der Waals surface area contributed by atoms with Crippen molar-refractivity contribution in [1.82, 2.24) is 9.78 Å². The number of nitrogen functional groups attached to an aromatic ring is 1. The van der Waals surface area contributed by atoms with E-state index >= 15 is 0 Å². The van der Waals surface area contributed by atoms with Gasteiger partial charge < -0.3 is 10.5 Å². The first kappa shape index (κ1) is 14.5. The number of rotatable bonds is 5. The van der Waals surface area contributed by atoms with Crippen LogP contribution in [-0.4, -0.2) is 29.3 Å². The van der Waals surface area contributed by atoms with Crippen molar-refractivity contribution in [3.05, 3.63) is 46.5 Å². The molecule has 0 saturated heterocycles. The monoisotopic (exact) mass is 297 g/mol. The Morgan fingerprint density at radius 3 is 2.95 bits per heavy atom. The molecule has 1 aromatic carbocycles. The minimum atomic E-state index is -0.644. The van der Waals surface area contributed by atoms with Crippen LogP contribution in [0.15, 0.2) is 24.4 Å². The van der Waals surface area contributed by atoms with Crippen LogP contribution >= 0.6 is 11.6 Å². The molecule has 0 fully saturated rings. The number of benzene rings is 1. The van der Waals surface area contributed by atoms with E-state index in [2.05, 4.69) is 5.10 Å². The van der Waals surface area contributed by atoms with Gasteiger partial charge in [-0.2, -0.15) is 5.10 Å². The number of carbonyl (C=O) groups excluding carboxylic acids is 1. The molecule has 1 aromatic heterocycles. The zero-order chi connectivity index (χ0) is 14.7. The molecule has 5 nitrogen and oxygen atoms in total. The molecule has 106 valence electrons. The molecule has 20 heavy (non-hydrogen) atoms. The molecular weight excluding hydrogens is 285 g/mol. The number of ketones is 1. The second-order valence-electron chi connectivity index (χ2n) is 4.12. The largest absolute Gasteiger partial charge is 0.396 e. The van der Waals surface area contributed by atoms with Gasteiger partial charge in [0.2, 0.25) is 5.78 Å². The van der Waals surface area contributed by atoms with Crippen LogP contribution in [0.4, 0.5) is 10.1 Å². The van der Waals surface area contributed by atoms with Gasteiger partial charge in [-0.05, 0) is 18.2 Å². The fourth-order valence-corrected chi connectivity index (χ4v) is 1.97. The Hall–Kier alpha value is -1.92. The van der Waals surface area contributed by atoms with Gasteiger partial charge in [0, 0.05) is 12.7 Å². The van der Waals surface area contributed by atoms with E-state index in [1.807, 2.05) is 0 Å². The number of nitrogens with zero attached hydrogens (tertiary/aromatic N) is 2. The van der Waals surface area contributed by atoms with Crippen molar-refractivity contribution in [1.29, 1.82) is 0 Å². The normalized spacial score (nSPS) is 10.8. The summed E-state index contributed by atoms with van der Waals surface area (Å²) in [5.41, 5.74) is 5.74. The summed E-state index contributed by atoms with van der Waals surface area (Å²) in [6, 6.07) is 3.87. The molecule has 0 spiro atoms. The van der Waals surface area contributed by atoms with Crippen LogP contribution in [0.3, 0.4) is 0 Å². The zero-order valence-corrected chi connectivity index (χ0v) is 11.5. The van der Waals surface area contributed by atoms with Gasteiger partial charge in [-0.3, -0.25) is 9.48 Å². The van der Waals surface area contributed by atoms with Crippen LogP contribution in [0.25, 0.3) is 0 Å². The van der Waals surface area contributed by atoms with Crippen molar-refractivity contribution in [2.45, 2.75) is 6.54 Å². The maximum Gasteiger partial charge on any atom is 0.212 e. The van der Waals surface area contributed by atoms with E-state index in [0.29, 0.717) is 13.2 Å². The second-order valence-corrected chi connectivity index (χ2v) is 4.53. The Morgan fingerprint density at radius 2 is 2.30 bits per heavy atom. The predicted molar refractivity (Wildman–Crippen MR) is 73.4 cm³/mol. The number of nitrogens with two attached hydrogens (primary N) is 1. The summed E-state index contributed by atoms with van der Waals surface area (Å²) in [6.45, 7) is 0.760. The number of hydrogen-bond donors (Lipinski definition) is 1. The van der Waals surface area contributed by atoms with Crippen LogP contribution in [0, 0.1) is 5.82 Å². The lowest BCUT2D eigenvalue weighted by atomic mass is 10.1. The lowest BCUT2D eigenvalue weighted by Gasteiger charge is -2.07. The van der Waals surface area contributed by atoms with Gasteiger partial charge in [-0.1, -0.05) is 11.6 Å². The van der Waals surface area contributed by atoms with Crippen LogP contribution in [0.5, 0.6) is 0 Å². The van der Waals surface area contributed by atoms with Crippen molar-refractivity contribution in [2.24, 2.45) is 0 Å². The van der Waals surface area contributed by atoms with E-state index in [1.165, 1.54) is 23.0 Å². The van der Waals surface area contributed by atoms with Gasteiger partial charge in [0.15, 0.2) is 0 Å². The summed E-state index contributed by atoms with van der Waals surface area (Å²) in [5, 5.41) is 4.22. The molecule has 0 radical (unpaired) electrons. The molecule has 0 amide bonds. The van der Waals surface area contributed by atoms with Crippen molar-refractivity contribution in [3.8, 4) is 0 Å². The zero-order valence-electron chi connectivity index (χ0n) is 10.8. The Kier molecular flexibility index (Phi) is 4.36. The van der Waals surface area contributed by atoms with E-state index in [-0.39, 0.29) is 22.0 Å². The summed E-state index contributed by atoms with van der Waals surface area (Å²) in [7, 11) is 1.54. The molecule has 0 aliphatic rings. The second kappa shape index (κ2) is 6.02. The third-order valence-electron chi connectivity index (χ3n) is 2.78. The van der Waals surface area contributed by atoms with Crippen molar-refractivity contribution >= 4 is 23.1 Å². The van der Waals surface area contributed by atoms with Crippen molar-refractivity contribution in [3.63, 3.8) is 0 Å². The Labute approximate surface area is 120 Å². The fraction of sp³-hybridized carbons (Fsp3) is 0.231. The lowest BCUT2D eigenvalue weighted by Crippen LogP contribution is -2.15. The average molecular weight is 298 g/mol. The highest BCUT2D eigenvalue weighted by molar-refractivity contribution is 6.34. The van der Waals surface area contributed by atoms with Crippen LogP contribution < -0.4 is 5.73 Å². The lowest BCUT2D eigenvalue weighted by molar-refractivity contribution is 0.102. The number of ether oxygens (including phenoxy) is 1. The van der Waals surface area contributed by atoms with Gasteiger partial charge in [-0.25, -0.2) is 4.39 Å². The summed E-state index contributed by atoms with van der Waals surface area (Å²) < 4.78 is 19.8. The highest BCUT2D eigenvalue weighted by Gasteiger charge is 2.20. The number of carbonyl (C=O) groups is 1. The van der Waals surface area contributed by atoms with E-state index in [0.717, 1.165) is 6.07 Å². The molecule has 0 atom stereocenters. The first-order valence-electron chi connectivity index (χ1n) is 5.84. The molecule has 7 heteroatoms. The molecule has 0 aliphatic carbocycles. The van der Waals surface area contributed by atoms with Gasteiger partial charge in [0.05, 0.1) is 30.1 Å². The topological polar surface area (TPSA) is 70.1 Å². The van der Waals surface area contributed by atoms with Gasteiger partial charge >= 0.3 is 0 Å². The van der Waals surface area contributed by atoms with Gasteiger partial charge in [0.1, 0.15) is 11.5 Å². The third-order valence-corrected chi connectivity index (χ3v) is 3.06. The maximum absolute atomic E-state index is 13.4.